The molecule has 1 unspecified atom stereocenters. The third-order valence-corrected chi connectivity index (χ3v) is 4.48. The third-order valence-electron chi connectivity index (χ3n) is 4.48. The smallest absolute Gasteiger partial charge is 0.294 e. The van der Waals surface area contributed by atoms with Crippen molar-refractivity contribution in [2.45, 2.75) is 33.2 Å². The van der Waals surface area contributed by atoms with E-state index in [1.807, 2.05) is 13.8 Å². The number of hydrogen-bond donors (Lipinski definition) is 1. The summed E-state index contributed by atoms with van der Waals surface area (Å²) in [6, 6.07) is 9.56. The van der Waals surface area contributed by atoms with Crippen LogP contribution in [-0.4, -0.2) is 23.9 Å². The number of Topliss-reactive ketones (excluding diaryl/α,β-unsaturated/α-hetero) is 1. The fraction of sp³-hybridized carbons (Fsp3) is 0.333. The van der Waals surface area contributed by atoms with Gasteiger partial charge in [-0.1, -0.05) is 13.8 Å². The molecule has 0 bridgehead atoms. The summed E-state index contributed by atoms with van der Waals surface area (Å²) >= 11 is 0. The Balaban J connectivity index is 2.09. The van der Waals surface area contributed by atoms with Crippen LogP contribution < -0.4 is 9.64 Å². The number of aliphatic hydroxyl groups excluding tert-OH is 1. The van der Waals surface area contributed by atoms with Crippen molar-refractivity contribution in [1.82, 2.24) is 0 Å². The first kappa shape index (κ1) is 18.8. The number of furan rings is 1. The highest BCUT2D eigenvalue weighted by Crippen LogP contribution is 2.42. The van der Waals surface area contributed by atoms with Crippen LogP contribution in [0.5, 0.6) is 5.75 Å². The number of ketones is 1. The maximum atomic E-state index is 12.8. The van der Waals surface area contributed by atoms with Gasteiger partial charge in [-0.15, -0.1) is 0 Å². The first-order chi connectivity index (χ1) is 12.8. The number of nitrogens with zero attached hydrogens (tertiary/aromatic N) is 1. The van der Waals surface area contributed by atoms with E-state index in [0.717, 1.165) is 0 Å². The molecule has 27 heavy (non-hydrogen) atoms. The van der Waals surface area contributed by atoms with Gasteiger partial charge in [-0.2, -0.15) is 0 Å². The summed E-state index contributed by atoms with van der Waals surface area (Å²) in [5, 5.41) is 10.5. The highest BCUT2D eigenvalue weighted by Gasteiger charge is 2.45. The second kappa shape index (κ2) is 7.31. The lowest BCUT2D eigenvalue weighted by Crippen LogP contribution is -2.30. The molecule has 1 N–H and O–H groups in total. The number of carbonyl (C=O) groups is 2. The van der Waals surface area contributed by atoms with Crippen molar-refractivity contribution in [2.24, 2.45) is 5.92 Å². The van der Waals surface area contributed by atoms with Crippen LogP contribution in [0, 0.1) is 12.8 Å². The lowest BCUT2D eigenvalue weighted by atomic mass is 9.95. The largest absolute Gasteiger partial charge is 0.503 e. The summed E-state index contributed by atoms with van der Waals surface area (Å²) in [5.41, 5.74) is 0.623. The second-order valence-electron chi connectivity index (χ2n) is 7.01. The van der Waals surface area contributed by atoms with Gasteiger partial charge in [0.25, 0.3) is 5.91 Å². The van der Waals surface area contributed by atoms with Crippen LogP contribution in [0.3, 0.4) is 0 Å². The molecule has 0 radical (unpaired) electrons. The Hall–Kier alpha value is -3.02. The summed E-state index contributed by atoms with van der Waals surface area (Å²) in [7, 11) is 1.56. The molecule has 6 nitrogen and oxygen atoms in total. The molecule has 6 heteroatoms. The number of carbonyl (C=O) groups excluding carboxylic acids is 2. The molecule has 1 aromatic heterocycles. The molecule has 142 valence electrons. The van der Waals surface area contributed by atoms with Gasteiger partial charge in [0.15, 0.2) is 11.5 Å². The lowest BCUT2D eigenvalue weighted by molar-refractivity contribution is -0.118. The number of rotatable bonds is 6. The van der Waals surface area contributed by atoms with Crippen molar-refractivity contribution in [2.75, 3.05) is 12.0 Å². The monoisotopic (exact) mass is 369 g/mol. The standard InChI is InChI=1S/C21H23NO5/c1-12(2)11-16(23)18-19(17-10-5-13(3)27-17)22(21(25)20(18)24)14-6-8-15(26-4)9-7-14/h5-10,12,19,24H,11H2,1-4H3. The fourth-order valence-corrected chi connectivity index (χ4v) is 3.25. The topological polar surface area (TPSA) is 80.0 Å². The molecule has 1 amide bonds. The summed E-state index contributed by atoms with van der Waals surface area (Å²) in [6.07, 6.45) is 0.235. The predicted molar refractivity (Wildman–Crippen MR) is 101 cm³/mol. The molecule has 0 saturated heterocycles. The SMILES string of the molecule is COc1ccc(N2C(=O)C(O)=C(C(=O)CC(C)C)C2c2ccc(C)o2)cc1. The summed E-state index contributed by atoms with van der Waals surface area (Å²) in [5.74, 6) is 0.445. The Morgan fingerprint density at radius 2 is 1.89 bits per heavy atom. The molecule has 1 aliphatic rings. The van der Waals surface area contributed by atoms with E-state index in [0.29, 0.717) is 23.0 Å². The molecule has 0 fully saturated rings. The second-order valence-corrected chi connectivity index (χ2v) is 7.01. The Morgan fingerprint density at radius 1 is 1.22 bits per heavy atom. The lowest BCUT2D eigenvalue weighted by Gasteiger charge is -2.25. The molecule has 0 spiro atoms. The van der Waals surface area contributed by atoms with E-state index in [4.69, 9.17) is 9.15 Å². The van der Waals surface area contributed by atoms with Gasteiger partial charge in [-0.3, -0.25) is 14.5 Å². The minimum absolute atomic E-state index is 0.0823. The number of aliphatic hydroxyl groups is 1. The van der Waals surface area contributed by atoms with E-state index < -0.39 is 17.7 Å². The van der Waals surface area contributed by atoms with E-state index in [2.05, 4.69) is 0 Å². The molecular formula is C21H23NO5. The van der Waals surface area contributed by atoms with Crippen LogP contribution in [0.15, 0.2) is 52.1 Å². The Kier molecular flexibility index (Phi) is 5.08. The minimum Gasteiger partial charge on any atom is -0.503 e. The number of ether oxygens (including phenoxy) is 1. The van der Waals surface area contributed by atoms with Gasteiger partial charge in [0.1, 0.15) is 23.3 Å². The third kappa shape index (κ3) is 3.47. The Morgan fingerprint density at radius 3 is 2.41 bits per heavy atom. The zero-order chi connectivity index (χ0) is 19.7. The van der Waals surface area contributed by atoms with Crippen molar-refractivity contribution in [3.05, 3.63) is 59.3 Å². The molecular weight excluding hydrogens is 346 g/mol. The maximum Gasteiger partial charge on any atom is 0.294 e. The van der Waals surface area contributed by atoms with E-state index in [1.165, 1.54) is 4.90 Å². The first-order valence-electron chi connectivity index (χ1n) is 8.83. The van der Waals surface area contributed by atoms with Gasteiger partial charge in [0.05, 0.1) is 12.7 Å². The minimum atomic E-state index is -0.800. The number of benzene rings is 1. The number of aryl methyl sites for hydroxylation is 1. The van der Waals surface area contributed by atoms with Gasteiger partial charge < -0.3 is 14.3 Å². The average molecular weight is 369 g/mol. The van der Waals surface area contributed by atoms with Crippen LogP contribution in [0.1, 0.15) is 37.8 Å². The van der Waals surface area contributed by atoms with Crippen LogP contribution in [-0.2, 0) is 9.59 Å². The maximum absolute atomic E-state index is 12.8. The van der Waals surface area contributed by atoms with Crippen molar-refractivity contribution in [3.63, 3.8) is 0 Å². The average Bonchev–Trinajstić information content (AvgIpc) is 3.16. The fourth-order valence-electron chi connectivity index (χ4n) is 3.25. The van der Waals surface area contributed by atoms with Crippen molar-refractivity contribution >= 4 is 17.4 Å². The van der Waals surface area contributed by atoms with Crippen LogP contribution in [0.25, 0.3) is 0 Å². The highest BCUT2D eigenvalue weighted by molar-refractivity contribution is 6.16. The van der Waals surface area contributed by atoms with Crippen LogP contribution >= 0.6 is 0 Å². The zero-order valence-corrected chi connectivity index (χ0v) is 15.9. The summed E-state index contributed by atoms with van der Waals surface area (Å²) in [4.78, 5) is 27.1. The Labute approximate surface area is 158 Å². The molecule has 2 aromatic rings. The van der Waals surface area contributed by atoms with E-state index in [-0.39, 0.29) is 23.7 Å². The molecule has 0 saturated carbocycles. The first-order valence-corrected chi connectivity index (χ1v) is 8.83. The Bertz CT molecular complexity index is 892. The van der Waals surface area contributed by atoms with Crippen molar-refractivity contribution < 1.29 is 23.8 Å². The number of methoxy groups -OCH3 is 1. The normalized spacial score (nSPS) is 17.1. The van der Waals surface area contributed by atoms with Crippen molar-refractivity contribution in [3.8, 4) is 5.75 Å². The van der Waals surface area contributed by atoms with Gasteiger partial charge >= 0.3 is 0 Å². The van der Waals surface area contributed by atoms with Crippen molar-refractivity contribution in [1.29, 1.82) is 0 Å². The van der Waals surface area contributed by atoms with Gasteiger partial charge in [-0.25, -0.2) is 0 Å². The summed E-state index contributed by atoms with van der Waals surface area (Å²) in [6.45, 7) is 5.62. The number of hydrogen-bond acceptors (Lipinski definition) is 5. The van der Waals surface area contributed by atoms with Gasteiger partial charge in [0, 0.05) is 12.1 Å². The molecule has 0 aliphatic carbocycles. The molecule has 1 aromatic carbocycles. The molecule has 3 rings (SSSR count). The van der Waals surface area contributed by atoms with Crippen LogP contribution in [0.4, 0.5) is 5.69 Å². The quantitative estimate of drug-likeness (QED) is 0.829. The number of anilines is 1. The van der Waals surface area contributed by atoms with E-state index in [9.17, 15) is 14.7 Å². The zero-order valence-electron chi connectivity index (χ0n) is 15.9. The van der Waals surface area contributed by atoms with Gasteiger partial charge in [0.2, 0.25) is 0 Å². The highest BCUT2D eigenvalue weighted by atomic mass is 16.5. The number of amides is 1. The molecule has 1 atom stereocenters. The van der Waals surface area contributed by atoms with Gasteiger partial charge in [-0.05, 0) is 49.2 Å². The predicted octanol–water partition coefficient (Wildman–Crippen LogP) is 4.11. The van der Waals surface area contributed by atoms with Crippen LogP contribution in [0.2, 0.25) is 0 Å². The molecule has 1 aliphatic heterocycles. The van der Waals surface area contributed by atoms with E-state index >= 15 is 0 Å². The molecule has 2 heterocycles. The van der Waals surface area contributed by atoms with E-state index in [1.54, 1.807) is 50.4 Å². The summed E-state index contributed by atoms with van der Waals surface area (Å²) < 4.78 is 10.9.